The van der Waals surface area contributed by atoms with Crippen molar-refractivity contribution in [2.75, 3.05) is 44.7 Å². The number of hydrogen-bond donors (Lipinski definition) is 4. The molecule has 5 aromatic carbocycles. The van der Waals surface area contributed by atoms with Gasteiger partial charge in [-0.25, -0.2) is 0 Å². The summed E-state index contributed by atoms with van der Waals surface area (Å²) in [6, 6.07) is 2.37. The first-order chi connectivity index (χ1) is 24.6. The highest BCUT2D eigenvalue weighted by Gasteiger charge is 2.37. The number of benzene rings is 5. The molecule has 0 aliphatic heterocycles. The third-order valence-corrected chi connectivity index (χ3v) is 12.4. The second-order valence-corrected chi connectivity index (χ2v) is 16.5. The molecule has 1 unspecified atom stereocenters. The van der Waals surface area contributed by atoms with Crippen LogP contribution in [0.2, 0.25) is 0 Å². The lowest BCUT2D eigenvalue weighted by Crippen LogP contribution is -2.20. The molecular weight excluding hydrogens is 719 g/mol. The fourth-order valence-electron chi connectivity index (χ4n) is 7.86. The Labute approximate surface area is 298 Å². The maximum atomic E-state index is 14.3. The predicted octanol–water partition coefficient (Wildman–Crippen LogP) is 2.98. The Morgan fingerprint density at radius 2 is 1.37 bits per heavy atom. The molecule has 5 aromatic rings. The quantitative estimate of drug-likeness (QED) is 0.0728. The molecule has 0 aromatic heterocycles. The number of Topliss-reactive ketones (excluding diaryl/α,β-unsaturated/α-hetero) is 1. The number of phenols is 1. The smallest absolute Gasteiger partial charge is 0.268 e. The molecule has 0 amide bonds. The van der Waals surface area contributed by atoms with Crippen molar-refractivity contribution < 1.29 is 50.1 Å². The zero-order valence-corrected chi connectivity index (χ0v) is 30.6. The van der Waals surface area contributed by atoms with Crippen molar-refractivity contribution in [3.05, 3.63) is 66.0 Å². The van der Waals surface area contributed by atoms with Gasteiger partial charge in [-0.05, 0) is 82.6 Å². The van der Waals surface area contributed by atoms with Gasteiger partial charge in [-0.3, -0.25) is 22.7 Å². The van der Waals surface area contributed by atoms with Gasteiger partial charge in [0.2, 0.25) is 0 Å². The van der Waals surface area contributed by atoms with E-state index < -0.39 is 67.5 Å². The van der Waals surface area contributed by atoms with Gasteiger partial charge >= 0.3 is 0 Å². The lowest BCUT2D eigenvalue weighted by molar-refractivity contribution is -0.117. The molecule has 1 aliphatic rings. The van der Waals surface area contributed by atoms with Crippen LogP contribution in [0.25, 0.3) is 49.2 Å². The van der Waals surface area contributed by atoms with Crippen molar-refractivity contribution in [1.29, 1.82) is 0 Å². The minimum Gasteiger partial charge on any atom is -0.504 e. The summed E-state index contributed by atoms with van der Waals surface area (Å²) in [5.41, 5.74) is 0.788. The number of rotatable bonds is 14. The molecule has 0 radical (unpaired) electrons. The Kier molecular flexibility index (Phi) is 9.69. The Morgan fingerprint density at radius 3 is 1.90 bits per heavy atom. The number of nitrogens with one attached hydrogen (secondary N) is 1. The van der Waals surface area contributed by atoms with E-state index in [9.17, 15) is 46.5 Å². The second-order valence-electron chi connectivity index (χ2n) is 12.8. The van der Waals surface area contributed by atoms with Gasteiger partial charge in [0.1, 0.15) is 5.78 Å². The van der Waals surface area contributed by atoms with Crippen LogP contribution in [0, 0.1) is 0 Å². The lowest BCUT2D eigenvalue weighted by atomic mass is 9.78. The molecule has 0 heterocycles. The minimum atomic E-state index is -3.97. The maximum absolute atomic E-state index is 14.3. The van der Waals surface area contributed by atoms with E-state index in [2.05, 4.69) is 13.7 Å². The average molecular weight is 756 g/mol. The van der Waals surface area contributed by atoms with Crippen molar-refractivity contribution in [2.24, 2.45) is 0 Å². The largest absolute Gasteiger partial charge is 0.504 e. The maximum Gasteiger partial charge on any atom is 0.268 e. The molecule has 0 bridgehead atoms. The van der Waals surface area contributed by atoms with Crippen molar-refractivity contribution in [2.45, 2.75) is 45.8 Å². The number of ketones is 1. The van der Waals surface area contributed by atoms with E-state index in [1.54, 1.807) is 13.0 Å². The summed E-state index contributed by atoms with van der Waals surface area (Å²) in [6.07, 6.45) is 1.73. The SMILES string of the molecule is COc1c(O)c2c(=O)cc(CO)c3c4c(CO)cc(=O)c5c(NCCS(=O)(=O)OC)c(CCCS(=O)(=O)OC)c6c(c(c1C(C(C)=O)C(C)=C6)c23)c54. The summed E-state index contributed by atoms with van der Waals surface area (Å²) in [5, 5.41) is 37.8. The number of ether oxygens (including phenoxy) is 1. The highest BCUT2D eigenvalue weighted by Crippen LogP contribution is 2.56. The molecule has 0 fully saturated rings. The third-order valence-electron chi connectivity index (χ3n) is 9.91. The fraction of sp³-hybridized carbons (Fsp3) is 0.361. The van der Waals surface area contributed by atoms with Gasteiger partial charge in [-0.2, -0.15) is 16.8 Å². The lowest BCUT2D eigenvalue weighted by Gasteiger charge is -2.26. The first-order valence-corrected chi connectivity index (χ1v) is 19.4. The monoisotopic (exact) mass is 755 g/mol. The fourth-order valence-corrected chi connectivity index (χ4v) is 9.04. The van der Waals surface area contributed by atoms with E-state index in [0.717, 1.165) is 20.3 Å². The summed E-state index contributed by atoms with van der Waals surface area (Å²) >= 11 is 0. The molecule has 14 nitrogen and oxygen atoms in total. The molecule has 16 heteroatoms. The third kappa shape index (κ3) is 5.74. The number of aliphatic hydroxyl groups excluding tert-OH is 2. The van der Waals surface area contributed by atoms with Crippen LogP contribution in [0.3, 0.4) is 0 Å². The van der Waals surface area contributed by atoms with E-state index in [1.165, 1.54) is 20.1 Å². The summed E-state index contributed by atoms with van der Waals surface area (Å²) in [7, 11) is -4.55. The van der Waals surface area contributed by atoms with E-state index in [1.807, 2.05) is 0 Å². The standard InChI is InChI=1S/C36H37NO13S2/c1-16-11-21-20(7-6-9-51(44,45)49-4)34(37-8-10-52(46,47)50-5)28-22(41)12-18(14-38)25-26-19(15-39)13-23(42)29-31(26)32(27(21)30(25)28)33(24(16)17(2)40)36(48-3)35(29)43/h11-13,24,37-39,43H,6-10,14-15H2,1-5H3. The van der Waals surface area contributed by atoms with Crippen molar-refractivity contribution in [3.63, 3.8) is 0 Å². The Balaban J connectivity index is 1.97. The van der Waals surface area contributed by atoms with Crippen LogP contribution in [-0.2, 0) is 53.0 Å². The average Bonchev–Trinajstić information content (AvgIpc) is 3.23. The first kappa shape index (κ1) is 37.3. The van der Waals surface area contributed by atoms with Crippen molar-refractivity contribution in [3.8, 4) is 11.5 Å². The summed E-state index contributed by atoms with van der Waals surface area (Å²) < 4.78 is 64.6. The van der Waals surface area contributed by atoms with Crippen LogP contribution in [0.15, 0.2) is 27.3 Å². The summed E-state index contributed by atoms with van der Waals surface area (Å²) in [5.74, 6) is -2.95. The zero-order valence-electron chi connectivity index (χ0n) is 29.0. The Hall–Kier alpha value is -4.45. The van der Waals surface area contributed by atoms with Gasteiger partial charge in [0.05, 0.1) is 62.7 Å². The molecule has 52 heavy (non-hydrogen) atoms. The number of methoxy groups -OCH3 is 1. The van der Waals surface area contributed by atoms with E-state index in [0.29, 0.717) is 32.9 Å². The summed E-state index contributed by atoms with van der Waals surface area (Å²) in [6.45, 7) is 1.54. The Morgan fingerprint density at radius 1 is 0.808 bits per heavy atom. The molecule has 276 valence electrons. The zero-order chi connectivity index (χ0) is 38.0. The number of hydrogen-bond acceptors (Lipinski definition) is 14. The van der Waals surface area contributed by atoms with Gasteiger partial charge in [0.15, 0.2) is 22.4 Å². The number of aliphatic hydroxyl groups is 2. The Bertz CT molecular complexity index is 2690. The molecular formula is C36H37NO13S2. The molecule has 1 atom stereocenters. The van der Waals surface area contributed by atoms with Crippen LogP contribution < -0.4 is 20.9 Å². The first-order valence-electron chi connectivity index (χ1n) is 16.2. The number of carbonyl (C=O) groups is 1. The second kappa shape index (κ2) is 13.5. The number of allylic oxidation sites excluding steroid dienone is 1. The number of anilines is 1. The molecule has 0 spiro atoms. The van der Waals surface area contributed by atoms with E-state index in [-0.39, 0.29) is 80.2 Å². The van der Waals surface area contributed by atoms with Gasteiger partial charge < -0.3 is 25.4 Å². The van der Waals surface area contributed by atoms with Crippen LogP contribution in [0.4, 0.5) is 5.69 Å². The van der Waals surface area contributed by atoms with Gasteiger partial charge in [-0.15, -0.1) is 0 Å². The summed E-state index contributed by atoms with van der Waals surface area (Å²) in [4.78, 5) is 41.7. The molecule has 0 saturated heterocycles. The number of aromatic hydroxyl groups is 1. The number of fused-ring (bicyclic) bond motifs is 1. The highest BCUT2D eigenvalue weighted by atomic mass is 32.2. The van der Waals surface area contributed by atoms with Crippen molar-refractivity contribution in [1.82, 2.24) is 0 Å². The molecule has 4 N–H and O–H groups in total. The predicted molar refractivity (Wildman–Crippen MR) is 197 cm³/mol. The van der Waals surface area contributed by atoms with Crippen LogP contribution in [0.5, 0.6) is 11.5 Å². The number of phenolic OH excluding ortho intramolecular Hbond substituents is 1. The molecule has 0 saturated carbocycles. The van der Waals surface area contributed by atoms with Crippen LogP contribution in [0.1, 0.15) is 54.0 Å². The number of carbonyl (C=O) groups excluding carboxylic acids is 1. The van der Waals surface area contributed by atoms with Crippen LogP contribution in [-0.4, -0.2) is 77.3 Å². The minimum absolute atomic E-state index is 0.00487. The van der Waals surface area contributed by atoms with E-state index >= 15 is 0 Å². The van der Waals surface area contributed by atoms with E-state index in [4.69, 9.17) is 4.74 Å². The van der Waals surface area contributed by atoms with Gasteiger partial charge in [0.25, 0.3) is 20.2 Å². The molecule has 1 aliphatic carbocycles. The van der Waals surface area contributed by atoms with Gasteiger partial charge in [0, 0.05) is 28.6 Å². The van der Waals surface area contributed by atoms with Crippen molar-refractivity contribution >= 4 is 80.9 Å². The normalized spacial score (nSPS) is 14.9. The highest BCUT2D eigenvalue weighted by molar-refractivity contribution is 7.86. The van der Waals surface area contributed by atoms with Gasteiger partial charge in [-0.1, -0.05) is 11.6 Å². The molecule has 6 rings (SSSR count). The van der Waals surface area contributed by atoms with Crippen LogP contribution >= 0.6 is 0 Å². The topological polar surface area (TPSA) is 220 Å².